The monoisotopic (exact) mass is 375 g/mol. The first-order valence-corrected chi connectivity index (χ1v) is 10.2. The molecule has 0 aliphatic carbocycles. The molecule has 0 saturated heterocycles. The second-order valence-electron chi connectivity index (χ2n) is 6.17. The lowest BCUT2D eigenvalue weighted by Crippen LogP contribution is -2.39. The van der Waals surface area contributed by atoms with Gasteiger partial charge in [-0.15, -0.1) is 0 Å². The number of sulfone groups is 1. The summed E-state index contributed by atoms with van der Waals surface area (Å²) >= 11 is 0. The molecule has 0 spiro atoms. The first kappa shape index (κ1) is 21.5. The lowest BCUT2D eigenvalue weighted by Gasteiger charge is -2.29. The molecular formula is C18H27F2NO3S. The van der Waals surface area contributed by atoms with E-state index in [1.165, 1.54) is 12.1 Å². The van der Waals surface area contributed by atoms with E-state index >= 15 is 0 Å². The van der Waals surface area contributed by atoms with Crippen LogP contribution in [0, 0.1) is 0 Å². The Balaban J connectivity index is 3.00. The molecule has 7 heteroatoms. The maximum atomic E-state index is 12.8. The zero-order chi connectivity index (χ0) is 19.0. The predicted molar refractivity (Wildman–Crippen MR) is 94.6 cm³/mol. The lowest BCUT2D eigenvalue weighted by atomic mass is 10.1. The highest BCUT2D eigenvalue weighted by atomic mass is 32.2. The molecule has 0 aliphatic rings. The van der Waals surface area contributed by atoms with Crippen LogP contribution in [0.1, 0.15) is 63.2 Å². The van der Waals surface area contributed by atoms with E-state index in [0.29, 0.717) is 12.1 Å². The Morgan fingerprint density at radius 1 is 1.08 bits per heavy atom. The molecule has 25 heavy (non-hydrogen) atoms. The van der Waals surface area contributed by atoms with Crippen LogP contribution in [0.3, 0.4) is 0 Å². The molecule has 4 nitrogen and oxygen atoms in total. The molecule has 1 unspecified atom stereocenters. The van der Waals surface area contributed by atoms with E-state index in [0.717, 1.165) is 44.2 Å². The van der Waals surface area contributed by atoms with Crippen LogP contribution >= 0.6 is 0 Å². The molecule has 0 fully saturated rings. The van der Waals surface area contributed by atoms with Crippen molar-refractivity contribution in [3.63, 3.8) is 0 Å². The third-order valence-corrected chi connectivity index (χ3v) is 5.56. The summed E-state index contributed by atoms with van der Waals surface area (Å²) in [5.41, 5.74) is 0.313. The molecule has 1 aromatic carbocycles. The Labute approximate surface area is 149 Å². The van der Waals surface area contributed by atoms with Crippen molar-refractivity contribution in [1.82, 2.24) is 4.90 Å². The maximum Gasteiger partial charge on any atom is 0.341 e. The highest BCUT2D eigenvalue weighted by Crippen LogP contribution is 2.20. The lowest BCUT2D eigenvalue weighted by molar-refractivity contribution is 0.0679. The molecule has 0 bridgehead atoms. The van der Waals surface area contributed by atoms with Crippen molar-refractivity contribution in [2.24, 2.45) is 0 Å². The second-order valence-corrected chi connectivity index (χ2v) is 8.09. The summed E-state index contributed by atoms with van der Waals surface area (Å²) in [5, 5.41) is 0. The minimum Gasteiger partial charge on any atom is -0.336 e. The number of alkyl halides is 2. The number of amides is 1. The van der Waals surface area contributed by atoms with Gasteiger partial charge in [-0.3, -0.25) is 4.79 Å². The predicted octanol–water partition coefficient (Wildman–Crippen LogP) is 4.50. The summed E-state index contributed by atoms with van der Waals surface area (Å²) in [6.45, 7) is 6.76. The fourth-order valence-corrected chi connectivity index (χ4v) is 3.40. The van der Waals surface area contributed by atoms with Gasteiger partial charge in [-0.1, -0.05) is 33.1 Å². The van der Waals surface area contributed by atoms with Crippen molar-refractivity contribution in [2.45, 2.75) is 69.6 Å². The topological polar surface area (TPSA) is 54.5 Å². The fourth-order valence-electron chi connectivity index (χ4n) is 2.68. The highest BCUT2D eigenvalue weighted by molar-refractivity contribution is 7.91. The van der Waals surface area contributed by atoms with Gasteiger partial charge in [0.05, 0.1) is 4.90 Å². The van der Waals surface area contributed by atoms with Crippen molar-refractivity contribution < 1.29 is 22.0 Å². The summed E-state index contributed by atoms with van der Waals surface area (Å²) in [5.74, 6) is -3.66. The van der Waals surface area contributed by atoms with Gasteiger partial charge in [0.25, 0.3) is 5.91 Å². The molecular weight excluding hydrogens is 348 g/mol. The maximum absolute atomic E-state index is 12.8. The Bertz CT molecular complexity index is 645. The molecule has 1 rings (SSSR count). The van der Waals surface area contributed by atoms with Crippen LogP contribution in [0.4, 0.5) is 8.78 Å². The quantitative estimate of drug-likeness (QED) is 0.566. The van der Waals surface area contributed by atoms with Gasteiger partial charge in [-0.25, -0.2) is 8.42 Å². The minimum atomic E-state index is -4.64. The molecule has 0 aromatic heterocycles. The molecule has 0 aliphatic heterocycles. The number of unbranched alkanes of at least 4 members (excludes halogenated alkanes) is 2. The smallest absolute Gasteiger partial charge is 0.336 e. The Hall–Kier alpha value is -1.50. The molecule has 0 saturated carbocycles. The molecule has 0 N–H and O–H groups in total. The van der Waals surface area contributed by atoms with Crippen LogP contribution in [-0.4, -0.2) is 37.6 Å². The van der Waals surface area contributed by atoms with Gasteiger partial charge in [0, 0.05) is 18.2 Å². The number of carbonyl (C=O) groups excluding carboxylic acids is 1. The molecule has 0 radical (unpaired) electrons. The first-order chi connectivity index (χ1) is 11.8. The third-order valence-electron chi connectivity index (χ3n) is 4.17. The Kier molecular flexibility index (Phi) is 8.48. The second kappa shape index (κ2) is 9.85. The van der Waals surface area contributed by atoms with Gasteiger partial charge in [0.1, 0.15) is 0 Å². The molecule has 1 aromatic rings. The van der Waals surface area contributed by atoms with Crippen LogP contribution in [0.2, 0.25) is 0 Å². The van der Waals surface area contributed by atoms with E-state index in [9.17, 15) is 22.0 Å². The Morgan fingerprint density at radius 2 is 1.68 bits per heavy atom. The van der Waals surface area contributed by atoms with Gasteiger partial charge >= 0.3 is 5.76 Å². The number of hydrogen-bond acceptors (Lipinski definition) is 3. The van der Waals surface area contributed by atoms with Crippen molar-refractivity contribution in [3.8, 4) is 0 Å². The number of nitrogens with zero attached hydrogens (tertiary/aromatic N) is 1. The molecule has 1 amide bonds. The summed E-state index contributed by atoms with van der Waals surface area (Å²) < 4.78 is 48.1. The van der Waals surface area contributed by atoms with Gasteiger partial charge in [-0.05, 0) is 44.0 Å². The van der Waals surface area contributed by atoms with Crippen molar-refractivity contribution in [3.05, 3.63) is 29.8 Å². The van der Waals surface area contributed by atoms with Crippen LogP contribution in [0.5, 0.6) is 0 Å². The standard InChI is InChI=1S/C18H27F2NO3S/c1-4-6-7-13-21(14(3)8-5-2)17(22)15-9-11-16(12-10-15)25(23,24)18(19)20/h9-12,14,18H,4-8,13H2,1-3H3. The Morgan fingerprint density at radius 3 is 2.16 bits per heavy atom. The van der Waals surface area contributed by atoms with Gasteiger partial charge in [0.15, 0.2) is 0 Å². The van der Waals surface area contributed by atoms with E-state index < -0.39 is 20.5 Å². The molecule has 142 valence electrons. The normalized spacial score (nSPS) is 13.0. The SMILES string of the molecule is CCCCCN(C(=O)c1ccc(S(=O)(=O)C(F)F)cc1)C(C)CCC. The molecule has 1 atom stereocenters. The van der Waals surface area contributed by atoms with E-state index in [1.807, 2.05) is 6.92 Å². The highest BCUT2D eigenvalue weighted by Gasteiger charge is 2.27. The van der Waals surface area contributed by atoms with E-state index in [4.69, 9.17) is 0 Å². The van der Waals surface area contributed by atoms with Gasteiger partial charge in [0.2, 0.25) is 9.84 Å². The average Bonchev–Trinajstić information content (AvgIpc) is 2.58. The van der Waals surface area contributed by atoms with E-state index in [-0.39, 0.29) is 11.9 Å². The summed E-state index contributed by atoms with van der Waals surface area (Å²) in [6, 6.07) is 4.83. The van der Waals surface area contributed by atoms with Crippen molar-refractivity contribution in [1.29, 1.82) is 0 Å². The number of benzene rings is 1. The van der Waals surface area contributed by atoms with Gasteiger partial charge < -0.3 is 4.90 Å². The van der Waals surface area contributed by atoms with Crippen molar-refractivity contribution >= 4 is 15.7 Å². The first-order valence-electron chi connectivity index (χ1n) is 8.68. The van der Waals surface area contributed by atoms with Crippen LogP contribution in [-0.2, 0) is 9.84 Å². The average molecular weight is 375 g/mol. The summed E-state index contributed by atoms with van der Waals surface area (Å²) in [7, 11) is -4.64. The fraction of sp³-hybridized carbons (Fsp3) is 0.611. The van der Waals surface area contributed by atoms with Crippen molar-refractivity contribution in [2.75, 3.05) is 6.54 Å². The van der Waals surface area contributed by atoms with Crippen LogP contribution < -0.4 is 0 Å². The summed E-state index contributed by atoms with van der Waals surface area (Å²) in [4.78, 5) is 14.1. The molecule has 0 heterocycles. The van der Waals surface area contributed by atoms with Crippen LogP contribution in [0.15, 0.2) is 29.2 Å². The zero-order valence-electron chi connectivity index (χ0n) is 15.0. The third kappa shape index (κ3) is 5.76. The number of hydrogen-bond donors (Lipinski definition) is 0. The number of halogens is 2. The van der Waals surface area contributed by atoms with E-state index in [1.54, 1.807) is 4.90 Å². The van der Waals surface area contributed by atoms with E-state index in [2.05, 4.69) is 13.8 Å². The number of carbonyl (C=O) groups is 1. The number of rotatable bonds is 10. The van der Waals surface area contributed by atoms with Gasteiger partial charge in [-0.2, -0.15) is 8.78 Å². The largest absolute Gasteiger partial charge is 0.341 e. The minimum absolute atomic E-state index is 0.0684. The summed E-state index contributed by atoms with van der Waals surface area (Å²) in [6.07, 6.45) is 4.78. The van der Waals surface area contributed by atoms with Crippen LogP contribution in [0.25, 0.3) is 0 Å². The zero-order valence-corrected chi connectivity index (χ0v) is 15.9.